The van der Waals surface area contributed by atoms with Crippen LogP contribution in [-0.4, -0.2) is 43.9 Å². The van der Waals surface area contributed by atoms with Crippen molar-refractivity contribution in [1.29, 1.82) is 0 Å². The molecule has 0 saturated heterocycles. The summed E-state index contributed by atoms with van der Waals surface area (Å²) in [4.78, 5) is 28.2. The lowest BCUT2D eigenvalue weighted by molar-refractivity contribution is 0.0594. The number of carbonyl (C=O) groups excluding carboxylic acids is 2. The van der Waals surface area contributed by atoms with Crippen LogP contribution in [0, 0.1) is 0 Å². The standard InChI is InChI=1S/C13H12N6O3S/c1-19-5-8(10(18-19)13(21)22-2)16-11(20)9-6-23-12(17-9)7-3-14-15-4-7/h3-6H,1-2H3,(H,14,15)(H,16,20). The van der Waals surface area contributed by atoms with Gasteiger partial charge in [0.05, 0.1) is 19.0 Å². The van der Waals surface area contributed by atoms with Gasteiger partial charge >= 0.3 is 5.97 Å². The zero-order valence-corrected chi connectivity index (χ0v) is 13.0. The number of carbonyl (C=O) groups is 2. The predicted molar refractivity (Wildman–Crippen MR) is 82.2 cm³/mol. The monoisotopic (exact) mass is 332 g/mol. The van der Waals surface area contributed by atoms with Gasteiger partial charge in [-0.15, -0.1) is 11.3 Å². The van der Waals surface area contributed by atoms with Crippen molar-refractivity contribution in [2.24, 2.45) is 7.05 Å². The first-order valence-corrected chi connectivity index (χ1v) is 7.34. The van der Waals surface area contributed by atoms with Crippen LogP contribution in [0.1, 0.15) is 21.0 Å². The molecule has 0 bridgehead atoms. The van der Waals surface area contributed by atoms with Gasteiger partial charge in [0, 0.05) is 30.4 Å². The molecule has 118 valence electrons. The molecule has 0 unspecified atom stereocenters. The Morgan fingerprint density at radius 3 is 2.96 bits per heavy atom. The maximum absolute atomic E-state index is 12.3. The third kappa shape index (κ3) is 2.97. The molecule has 3 aromatic rings. The van der Waals surface area contributed by atoms with Crippen molar-refractivity contribution in [2.45, 2.75) is 0 Å². The quantitative estimate of drug-likeness (QED) is 0.696. The molecule has 3 rings (SSSR count). The van der Waals surface area contributed by atoms with Crippen molar-refractivity contribution >= 4 is 28.9 Å². The SMILES string of the molecule is COC(=O)c1nn(C)cc1NC(=O)c1csc(-c2cn[nH]c2)n1. The van der Waals surface area contributed by atoms with Gasteiger partial charge in [-0.25, -0.2) is 9.78 Å². The van der Waals surface area contributed by atoms with Gasteiger partial charge in [0.1, 0.15) is 10.7 Å². The maximum atomic E-state index is 12.3. The molecule has 0 aliphatic carbocycles. The van der Waals surface area contributed by atoms with E-state index in [2.05, 4.69) is 30.3 Å². The molecule has 9 nitrogen and oxygen atoms in total. The largest absolute Gasteiger partial charge is 0.464 e. The molecule has 0 aliphatic heterocycles. The van der Waals surface area contributed by atoms with Crippen LogP contribution < -0.4 is 5.32 Å². The highest BCUT2D eigenvalue weighted by molar-refractivity contribution is 7.13. The van der Waals surface area contributed by atoms with Crippen LogP contribution in [-0.2, 0) is 11.8 Å². The number of nitrogens with zero attached hydrogens (tertiary/aromatic N) is 4. The Morgan fingerprint density at radius 2 is 2.26 bits per heavy atom. The van der Waals surface area contributed by atoms with Crippen LogP contribution in [0.4, 0.5) is 5.69 Å². The number of methoxy groups -OCH3 is 1. The summed E-state index contributed by atoms with van der Waals surface area (Å²) in [7, 11) is 2.89. The molecule has 3 heterocycles. The summed E-state index contributed by atoms with van der Waals surface area (Å²) in [6.45, 7) is 0. The Labute approximate surface area is 134 Å². The minimum absolute atomic E-state index is 0.0358. The van der Waals surface area contributed by atoms with Gasteiger partial charge < -0.3 is 10.1 Å². The number of nitrogens with one attached hydrogen (secondary N) is 2. The van der Waals surface area contributed by atoms with Crippen LogP contribution in [0.15, 0.2) is 24.0 Å². The zero-order valence-electron chi connectivity index (χ0n) is 12.2. The molecule has 0 aliphatic rings. The van der Waals surface area contributed by atoms with Crippen molar-refractivity contribution in [3.8, 4) is 10.6 Å². The van der Waals surface area contributed by atoms with E-state index < -0.39 is 11.9 Å². The Kier molecular flexibility index (Phi) is 3.89. The van der Waals surface area contributed by atoms with Crippen LogP contribution in [0.3, 0.4) is 0 Å². The number of H-pyrrole nitrogens is 1. The summed E-state index contributed by atoms with van der Waals surface area (Å²) in [6, 6.07) is 0. The van der Waals surface area contributed by atoms with E-state index in [-0.39, 0.29) is 17.1 Å². The lowest BCUT2D eigenvalue weighted by Gasteiger charge is -2.02. The molecular formula is C13H12N6O3S. The molecule has 0 spiro atoms. The normalized spacial score (nSPS) is 10.5. The van der Waals surface area contributed by atoms with Crippen molar-refractivity contribution < 1.29 is 14.3 Å². The van der Waals surface area contributed by atoms with Crippen LogP contribution >= 0.6 is 11.3 Å². The number of hydrogen-bond acceptors (Lipinski definition) is 7. The summed E-state index contributed by atoms with van der Waals surface area (Å²) in [5, 5.41) is 15.4. The molecule has 3 aromatic heterocycles. The Morgan fingerprint density at radius 1 is 1.43 bits per heavy atom. The van der Waals surface area contributed by atoms with Crippen molar-refractivity contribution in [1.82, 2.24) is 25.0 Å². The van der Waals surface area contributed by atoms with Crippen molar-refractivity contribution in [3.05, 3.63) is 35.4 Å². The second-order valence-electron chi connectivity index (χ2n) is 4.54. The van der Waals surface area contributed by atoms with E-state index in [0.717, 1.165) is 5.56 Å². The number of ether oxygens (including phenoxy) is 1. The highest BCUT2D eigenvalue weighted by atomic mass is 32.1. The Hall–Kier alpha value is -3.01. The molecule has 10 heteroatoms. The minimum atomic E-state index is -0.627. The molecule has 23 heavy (non-hydrogen) atoms. The lowest BCUT2D eigenvalue weighted by atomic mass is 10.3. The fourth-order valence-electron chi connectivity index (χ4n) is 1.89. The zero-order chi connectivity index (χ0) is 16.4. The summed E-state index contributed by atoms with van der Waals surface area (Å²) >= 11 is 1.32. The average molecular weight is 332 g/mol. The number of amides is 1. The molecule has 0 radical (unpaired) electrons. The number of hydrogen-bond donors (Lipinski definition) is 2. The van der Waals surface area contributed by atoms with Gasteiger partial charge in [0.25, 0.3) is 5.91 Å². The fraction of sp³-hybridized carbons (Fsp3) is 0.154. The minimum Gasteiger partial charge on any atom is -0.464 e. The summed E-state index contributed by atoms with van der Waals surface area (Å²) < 4.78 is 6.06. The first-order chi connectivity index (χ1) is 11.1. The third-order valence-corrected chi connectivity index (χ3v) is 3.83. The number of aryl methyl sites for hydroxylation is 1. The number of anilines is 1. The molecular weight excluding hydrogens is 320 g/mol. The third-order valence-electron chi connectivity index (χ3n) is 2.94. The summed E-state index contributed by atoms with van der Waals surface area (Å²) in [6.07, 6.45) is 4.83. The van der Waals surface area contributed by atoms with E-state index in [4.69, 9.17) is 0 Å². The van der Waals surface area contributed by atoms with Crippen molar-refractivity contribution in [2.75, 3.05) is 12.4 Å². The Bertz CT molecular complexity index is 851. The number of aromatic nitrogens is 5. The number of aromatic amines is 1. The number of esters is 1. The summed E-state index contributed by atoms with van der Waals surface area (Å²) in [5.41, 5.74) is 1.34. The molecule has 0 fully saturated rings. The summed E-state index contributed by atoms with van der Waals surface area (Å²) in [5.74, 6) is -1.06. The lowest BCUT2D eigenvalue weighted by Crippen LogP contribution is -2.15. The topological polar surface area (TPSA) is 115 Å². The van der Waals surface area contributed by atoms with Crippen LogP contribution in [0.5, 0.6) is 0 Å². The number of thiazole rings is 1. The second-order valence-corrected chi connectivity index (χ2v) is 5.39. The highest BCUT2D eigenvalue weighted by Gasteiger charge is 2.20. The highest BCUT2D eigenvalue weighted by Crippen LogP contribution is 2.23. The van der Waals surface area contributed by atoms with Gasteiger partial charge in [-0.3, -0.25) is 14.6 Å². The van der Waals surface area contributed by atoms with Gasteiger partial charge in [-0.05, 0) is 0 Å². The molecule has 0 atom stereocenters. The van der Waals surface area contributed by atoms with Gasteiger partial charge in [0.2, 0.25) is 0 Å². The van der Waals surface area contributed by atoms with E-state index in [1.807, 2.05) is 0 Å². The van der Waals surface area contributed by atoms with Crippen LogP contribution in [0.25, 0.3) is 10.6 Å². The van der Waals surface area contributed by atoms with Gasteiger partial charge in [-0.1, -0.05) is 0 Å². The van der Waals surface area contributed by atoms with E-state index >= 15 is 0 Å². The van der Waals surface area contributed by atoms with Crippen molar-refractivity contribution in [3.63, 3.8) is 0 Å². The molecule has 2 N–H and O–H groups in total. The number of rotatable bonds is 4. The van der Waals surface area contributed by atoms with E-state index in [0.29, 0.717) is 5.01 Å². The maximum Gasteiger partial charge on any atom is 0.360 e. The van der Waals surface area contributed by atoms with Gasteiger partial charge in [0.15, 0.2) is 5.69 Å². The second kappa shape index (κ2) is 6.01. The fourth-order valence-corrected chi connectivity index (χ4v) is 2.67. The van der Waals surface area contributed by atoms with Gasteiger partial charge in [-0.2, -0.15) is 10.2 Å². The molecule has 1 amide bonds. The first-order valence-electron chi connectivity index (χ1n) is 6.46. The molecule has 0 aromatic carbocycles. The molecule has 0 saturated carbocycles. The van der Waals surface area contributed by atoms with Crippen LogP contribution in [0.2, 0.25) is 0 Å². The van der Waals surface area contributed by atoms with E-state index in [1.54, 1.807) is 24.8 Å². The predicted octanol–water partition coefficient (Wildman–Crippen LogP) is 1.31. The first kappa shape index (κ1) is 14.9. The Balaban J connectivity index is 1.81. The average Bonchev–Trinajstić information content (AvgIpc) is 3.26. The smallest absolute Gasteiger partial charge is 0.360 e. The van der Waals surface area contributed by atoms with E-state index in [9.17, 15) is 9.59 Å². The van der Waals surface area contributed by atoms with E-state index in [1.165, 1.54) is 29.3 Å².